The summed E-state index contributed by atoms with van der Waals surface area (Å²) in [6.45, 7) is 0. The average Bonchev–Trinajstić information content (AvgIpc) is 2.78. The molecule has 0 aliphatic rings. The largest absolute Gasteiger partial charge is 0.478 e. The summed E-state index contributed by atoms with van der Waals surface area (Å²) in [5.41, 5.74) is 0.939. The number of aromatic amines is 1. The monoisotopic (exact) mass is 247 g/mol. The van der Waals surface area contributed by atoms with Gasteiger partial charge in [0, 0.05) is 11.6 Å². The van der Waals surface area contributed by atoms with Gasteiger partial charge in [0.05, 0.1) is 0 Å². The molecule has 0 bridgehead atoms. The number of carbonyl (C=O) groups is 1. The lowest BCUT2D eigenvalue weighted by atomic mass is 10.2. The van der Waals surface area contributed by atoms with E-state index in [0.717, 1.165) is 23.4 Å². The molecule has 0 unspecified atom stereocenters. The highest BCUT2D eigenvalue weighted by atomic mass is 32.2. The highest BCUT2D eigenvalue weighted by molar-refractivity contribution is 8.02. The van der Waals surface area contributed by atoms with E-state index < -0.39 is 5.97 Å². The first kappa shape index (κ1) is 11.4. The van der Waals surface area contributed by atoms with Crippen molar-refractivity contribution in [3.05, 3.63) is 41.8 Å². The SMILES string of the molecule is O=C(O)C=CSc1n[nH]c(-c2ccccc2)n1. The highest BCUT2D eigenvalue weighted by Gasteiger charge is 2.04. The van der Waals surface area contributed by atoms with Crippen LogP contribution in [0.15, 0.2) is 47.0 Å². The van der Waals surface area contributed by atoms with Crippen LogP contribution in [-0.2, 0) is 4.79 Å². The number of rotatable bonds is 4. The molecular weight excluding hydrogens is 238 g/mol. The molecule has 1 heterocycles. The van der Waals surface area contributed by atoms with E-state index in [-0.39, 0.29) is 0 Å². The van der Waals surface area contributed by atoms with Crippen molar-refractivity contribution in [2.24, 2.45) is 0 Å². The molecule has 17 heavy (non-hydrogen) atoms. The fourth-order valence-electron chi connectivity index (χ4n) is 1.18. The van der Waals surface area contributed by atoms with Crippen LogP contribution < -0.4 is 0 Å². The van der Waals surface area contributed by atoms with Crippen LogP contribution in [0.3, 0.4) is 0 Å². The minimum absolute atomic E-state index is 0.487. The van der Waals surface area contributed by atoms with Crippen molar-refractivity contribution in [1.29, 1.82) is 0 Å². The van der Waals surface area contributed by atoms with Gasteiger partial charge >= 0.3 is 5.97 Å². The van der Waals surface area contributed by atoms with Gasteiger partial charge in [0.15, 0.2) is 5.82 Å². The van der Waals surface area contributed by atoms with Crippen molar-refractivity contribution < 1.29 is 9.90 Å². The lowest BCUT2D eigenvalue weighted by Gasteiger charge is -1.92. The lowest BCUT2D eigenvalue weighted by molar-refractivity contribution is -0.131. The van der Waals surface area contributed by atoms with Crippen molar-refractivity contribution in [1.82, 2.24) is 15.2 Å². The molecule has 2 rings (SSSR count). The van der Waals surface area contributed by atoms with E-state index >= 15 is 0 Å². The Hall–Kier alpha value is -2.08. The van der Waals surface area contributed by atoms with Crippen molar-refractivity contribution in [3.8, 4) is 11.4 Å². The summed E-state index contributed by atoms with van der Waals surface area (Å²) < 4.78 is 0. The predicted molar refractivity (Wildman–Crippen MR) is 64.5 cm³/mol. The van der Waals surface area contributed by atoms with Gasteiger partial charge in [0.2, 0.25) is 5.16 Å². The zero-order valence-electron chi connectivity index (χ0n) is 8.70. The standard InChI is InChI=1S/C11H9N3O2S/c15-9(16)6-7-17-11-12-10(13-14-11)8-4-2-1-3-5-8/h1-7H,(H,15,16)(H,12,13,14). The number of benzene rings is 1. The zero-order valence-corrected chi connectivity index (χ0v) is 9.52. The second kappa shape index (κ2) is 5.31. The molecule has 0 spiro atoms. The first-order chi connectivity index (χ1) is 8.25. The number of H-pyrrole nitrogens is 1. The fraction of sp³-hybridized carbons (Fsp3) is 0. The molecule has 1 aromatic carbocycles. The van der Waals surface area contributed by atoms with Crippen molar-refractivity contribution in [2.45, 2.75) is 5.16 Å². The molecule has 1 aromatic heterocycles. The Bertz CT molecular complexity index is 537. The third-order valence-corrected chi connectivity index (χ3v) is 2.56. The Morgan fingerprint density at radius 2 is 2.12 bits per heavy atom. The summed E-state index contributed by atoms with van der Waals surface area (Å²) in [5.74, 6) is -0.326. The molecule has 0 saturated carbocycles. The van der Waals surface area contributed by atoms with Crippen molar-refractivity contribution >= 4 is 17.7 Å². The first-order valence-electron chi connectivity index (χ1n) is 4.79. The highest BCUT2D eigenvalue weighted by Crippen LogP contribution is 2.19. The quantitative estimate of drug-likeness (QED) is 0.639. The second-order valence-electron chi connectivity index (χ2n) is 3.09. The minimum Gasteiger partial charge on any atom is -0.478 e. The average molecular weight is 247 g/mol. The first-order valence-corrected chi connectivity index (χ1v) is 5.67. The van der Waals surface area contributed by atoms with Gasteiger partial charge in [-0.2, -0.15) is 0 Å². The summed E-state index contributed by atoms with van der Waals surface area (Å²) in [7, 11) is 0. The van der Waals surface area contributed by atoms with Crippen LogP contribution in [0.5, 0.6) is 0 Å². The third-order valence-electron chi connectivity index (χ3n) is 1.90. The number of carboxylic acid groups (broad SMARTS) is 1. The maximum absolute atomic E-state index is 10.3. The Morgan fingerprint density at radius 1 is 1.35 bits per heavy atom. The van der Waals surface area contributed by atoms with Crippen LogP contribution in [0, 0.1) is 0 Å². The van der Waals surface area contributed by atoms with Crippen LogP contribution in [0.1, 0.15) is 0 Å². The molecule has 2 aromatic rings. The molecule has 2 N–H and O–H groups in total. The van der Waals surface area contributed by atoms with E-state index in [2.05, 4.69) is 15.2 Å². The minimum atomic E-state index is -0.990. The normalized spacial score (nSPS) is 10.8. The van der Waals surface area contributed by atoms with Crippen molar-refractivity contribution in [2.75, 3.05) is 0 Å². The summed E-state index contributed by atoms with van der Waals surface area (Å²) in [4.78, 5) is 14.5. The molecule has 0 saturated heterocycles. The van der Waals surface area contributed by atoms with Gasteiger partial charge in [0.25, 0.3) is 0 Å². The molecular formula is C11H9N3O2S. The third kappa shape index (κ3) is 3.18. The Kier molecular flexibility index (Phi) is 3.56. The number of hydrogen-bond acceptors (Lipinski definition) is 4. The van der Waals surface area contributed by atoms with Gasteiger partial charge < -0.3 is 5.11 Å². The van der Waals surface area contributed by atoms with Crippen LogP contribution in [0.4, 0.5) is 0 Å². The van der Waals surface area contributed by atoms with Gasteiger partial charge in [-0.05, 0) is 5.41 Å². The van der Waals surface area contributed by atoms with Gasteiger partial charge in [-0.15, -0.1) is 5.10 Å². The molecule has 0 aliphatic heterocycles. The van der Waals surface area contributed by atoms with Crippen LogP contribution in [0.2, 0.25) is 0 Å². The molecule has 0 fully saturated rings. The summed E-state index contributed by atoms with van der Waals surface area (Å²) in [6.07, 6.45) is 1.04. The molecule has 0 radical (unpaired) electrons. The van der Waals surface area contributed by atoms with E-state index in [1.807, 2.05) is 30.3 Å². The number of hydrogen-bond donors (Lipinski definition) is 2. The lowest BCUT2D eigenvalue weighted by Crippen LogP contribution is -1.84. The fourth-order valence-corrected chi connectivity index (χ4v) is 1.73. The van der Waals surface area contributed by atoms with E-state index in [4.69, 9.17) is 5.11 Å². The van der Waals surface area contributed by atoms with E-state index in [9.17, 15) is 4.79 Å². The summed E-state index contributed by atoms with van der Waals surface area (Å²) in [5, 5.41) is 17.1. The topological polar surface area (TPSA) is 78.9 Å². The maximum atomic E-state index is 10.3. The van der Waals surface area contributed by atoms with Crippen LogP contribution in [-0.4, -0.2) is 26.3 Å². The molecule has 0 atom stereocenters. The number of nitrogens with one attached hydrogen (secondary N) is 1. The van der Waals surface area contributed by atoms with Gasteiger partial charge in [0.1, 0.15) is 0 Å². The predicted octanol–water partition coefficient (Wildman–Crippen LogP) is 2.16. The second-order valence-corrected chi connectivity index (χ2v) is 3.96. The number of aliphatic carboxylic acids is 1. The number of thioether (sulfide) groups is 1. The molecule has 0 amide bonds. The maximum Gasteiger partial charge on any atom is 0.328 e. The van der Waals surface area contributed by atoms with Crippen molar-refractivity contribution in [3.63, 3.8) is 0 Å². The number of carboxylic acids is 1. The van der Waals surface area contributed by atoms with Gasteiger partial charge in [-0.25, -0.2) is 9.78 Å². The Morgan fingerprint density at radius 3 is 2.82 bits per heavy atom. The van der Waals surface area contributed by atoms with E-state index in [1.54, 1.807) is 0 Å². The van der Waals surface area contributed by atoms with E-state index in [1.165, 1.54) is 5.41 Å². The Balaban J connectivity index is 2.09. The molecule has 5 nitrogen and oxygen atoms in total. The smallest absolute Gasteiger partial charge is 0.328 e. The number of nitrogens with zero attached hydrogens (tertiary/aromatic N) is 2. The molecule has 6 heteroatoms. The summed E-state index contributed by atoms with van der Waals surface area (Å²) in [6, 6.07) is 9.58. The molecule has 0 aliphatic carbocycles. The zero-order chi connectivity index (χ0) is 12.1. The Labute approximate surface area is 102 Å². The van der Waals surface area contributed by atoms with E-state index in [0.29, 0.717) is 11.0 Å². The van der Waals surface area contributed by atoms with Gasteiger partial charge in [-0.3, -0.25) is 5.10 Å². The molecule has 86 valence electrons. The van der Waals surface area contributed by atoms with Crippen LogP contribution in [0.25, 0.3) is 11.4 Å². The van der Waals surface area contributed by atoms with Crippen LogP contribution >= 0.6 is 11.8 Å². The number of aromatic nitrogens is 3. The summed E-state index contributed by atoms with van der Waals surface area (Å²) >= 11 is 1.15. The van der Waals surface area contributed by atoms with Gasteiger partial charge in [-0.1, -0.05) is 42.1 Å².